The van der Waals surface area contributed by atoms with Gasteiger partial charge in [-0.05, 0) is 0 Å². The van der Waals surface area contributed by atoms with Crippen LogP contribution < -0.4 is 4.90 Å². The lowest BCUT2D eigenvalue weighted by Gasteiger charge is -2.26. The summed E-state index contributed by atoms with van der Waals surface area (Å²) in [5, 5.41) is 8.56. The van der Waals surface area contributed by atoms with E-state index in [1.54, 1.807) is 0 Å². The second kappa shape index (κ2) is 5.03. The molecule has 1 aliphatic heterocycles. The Morgan fingerprint density at radius 2 is 1.76 bits per heavy atom. The molecule has 0 saturated carbocycles. The van der Waals surface area contributed by atoms with E-state index in [0.29, 0.717) is 32.3 Å². The van der Waals surface area contributed by atoms with Crippen molar-refractivity contribution < 1.29 is 14.6 Å². The minimum absolute atomic E-state index is 0.154. The first-order valence-corrected chi connectivity index (χ1v) is 5.64. The lowest BCUT2D eigenvalue weighted by Crippen LogP contribution is -2.37. The van der Waals surface area contributed by atoms with Crippen molar-refractivity contribution in [1.29, 1.82) is 0 Å². The monoisotopic (exact) mass is 277 g/mol. The third-order valence-electron chi connectivity index (χ3n) is 2.32. The van der Waals surface area contributed by atoms with Crippen molar-refractivity contribution in [2.75, 3.05) is 31.2 Å². The molecule has 0 bridgehead atoms. The number of halogens is 2. The summed E-state index contributed by atoms with van der Waals surface area (Å²) in [6.45, 7) is 2.39. The zero-order valence-electron chi connectivity index (χ0n) is 8.69. The predicted molar refractivity (Wildman–Crippen MR) is 62.0 cm³/mol. The van der Waals surface area contributed by atoms with Crippen LogP contribution in [-0.2, 0) is 4.74 Å². The Morgan fingerprint density at radius 1 is 1.24 bits per heavy atom. The van der Waals surface area contributed by atoms with E-state index in [1.807, 2.05) is 4.90 Å². The van der Waals surface area contributed by atoms with Crippen LogP contribution in [0, 0.1) is 0 Å². The van der Waals surface area contributed by atoms with Crippen LogP contribution in [0.25, 0.3) is 0 Å². The number of carbonyl (C=O) groups is 1. The van der Waals surface area contributed by atoms with Crippen molar-refractivity contribution in [1.82, 2.24) is 9.97 Å². The summed E-state index contributed by atoms with van der Waals surface area (Å²) in [7, 11) is 0. The molecule has 1 aromatic rings. The largest absolute Gasteiger partial charge is 0.477 e. The van der Waals surface area contributed by atoms with Gasteiger partial charge in [-0.15, -0.1) is 0 Å². The third kappa shape index (κ3) is 2.59. The fourth-order valence-electron chi connectivity index (χ4n) is 1.48. The molecule has 0 aromatic carbocycles. The summed E-state index contributed by atoms with van der Waals surface area (Å²) in [5.41, 5.74) is -0.273. The molecule has 17 heavy (non-hydrogen) atoms. The number of nitrogens with zero attached hydrogens (tertiary/aromatic N) is 3. The molecule has 8 heteroatoms. The highest BCUT2D eigenvalue weighted by atomic mass is 35.5. The van der Waals surface area contributed by atoms with Gasteiger partial charge in [0, 0.05) is 13.1 Å². The quantitative estimate of drug-likeness (QED) is 0.822. The van der Waals surface area contributed by atoms with E-state index in [2.05, 4.69) is 9.97 Å². The van der Waals surface area contributed by atoms with Crippen LogP contribution in [0.4, 0.5) is 5.95 Å². The van der Waals surface area contributed by atoms with Gasteiger partial charge < -0.3 is 14.7 Å². The fourth-order valence-corrected chi connectivity index (χ4v) is 2.02. The van der Waals surface area contributed by atoms with Gasteiger partial charge in [0.1, 0.15) is 5.56 Å². The first kappa shape index (κ1) is 12.3. The van der Waals surface area contributed by atoms with Crippen molar-refractivity contribution in [2.24, 2.45) is 0 Å². The van der Waals surface area contributed by atoms with E-state index in [-0.39, 0.29) is 15.9 Å². The molecule has 0 unspecified atom stereocenters. The van der Waals surface area contributed by atoms with E-state index >= 15 is 0 Å². The van der Waals surface area contributed by atoms with Gasteiger partial charge in [0.05, 0.1) is 13.2 Å². The first-order valence-electron chi connectivity index (χ1n) is 4.88. The summed E-state index contributed by atoms with van der Waals surface area (Å²) in [6.07, 6.45) is 0. The second-order valence-corrected chi connectivity index (χ2v) is 4.10. The van der Waals surface area contributed by atoms with Gasteiger partial charge in [0.15, 0.2) is 10.3 Å². The number of hydrogen-bond donors (Lipinski definition) is 1. The number of carboxylic acids is 1. The third-order valence-corrected chi connectivity index (χ3v) is 2.86. The topological polar surface area (TPSA) is 75.5 Å². The summed E-state index contributed by atoms with van der Waals surface area (Å²) in [4.78, 5) is 20.6. The SMILES string of the molecule is O=C(O)c1c(Cl)nc(N2CCOCC2)nc1Cl. The van der Waals surface area contributed by atoms with E-state index in [9.17, 15) is 4.79 Å². The highest BCUT2D eigenvalue weighted by Crippen LogP contribution is 2.24. The van der Waals surface area contributed by atoms with Gasteiger partial charge in [0.2, 0.25) is 5.95 Å². The first-order chi connectivity index (χ1) is 8.09. The molecule has 92 valence electrons. The zero-order chi connectivity index (χ0) is 12.4. The minimum Gasteiger partial charge on any atom is -0.477 e. The maximum absolute atomic E-state index is 10.8. The molecular formula is C9H9Cl2N3O3. The zero-order valence-corrected chi connectivity index (χ0v) is 10.2. The van der Waals surface area contributed by atoms with Gasteiger partial charge in [0.25, 0.3) is 0 Å². The van der Waals surface area contributed by atoms with Crippen LogP contribution >= 0.6 is 23.2 Å². The molecule has 1 N–H and O–H groups in total. The summed E-state index contributed by atoms with van der Waals surface area (Å²) >= 11 is 11.5. The highest BCUT2D eigenvalue weighted by molar-refractivity contribution is 6.37. The average molecular weight is 278 g/mol. The summed E-state index contributed by atoms with van der Waals surface area (Å²) < 4.78 is 5.19. The van der Waals surface area contributed by atoms with E-state index in [0.717, 1.165) is 0 Å². The van der Waals surface area contributed by atoms with Crippen molar-refractivity contribution in [3.05, 3.63) is 15.9 Å². The molecule has 1 aromatic heterocycles. The van der Waals surface area contributed by atoms with Crippen LogP contribution in [0.1, 0.15) is 10.4 Å². The molecule has 2 rings (SSSR count). The van der Waals surface area contributed by atoms with Crippen LogP contribution in [0.5, 0.6) is 0 Å². The summed E-state index contributed by atoms with van der Waals surface area (Å²) in [5.74, 6) is -0.915. The Kier molecular flexibility index (Phi) is 3.66. The standard InChI is InChI=1S/C9H9Cl2N3O3/c10-6-5(8(15)16)7(11)13-9(12-6)14-1-3-17-4-2-14/h1-4H2,(H,15,16). The van der Waals surface area contributed by atoms with Gasteiger partial charge in [-0.1, -0.05) is 23.2 Å². The average Bonchev–Trinajstić information content (AvgIpc) is 2.28. The van der Waals surface area contributed by atoms with Gasteiger partial charge in [-0.25, -0.2) is 4.79 Å². The lowest BCUT2D eigenvalue weighted by atomic mass is 10.3. The van der Waals surface area contributed by atoms with Crippen molar-refractivity contribution in [3.8, 4) is 0 Å². The smallest absolute Gasteiger partial charge is 0.342 e. The number of hydrogen-bond acceptors (Lipinski definition) is 5. The molecule has 1 saturated heterocycles. The van der Waals surface area contributed by atoms with E-state index < -0.39 is 5.97 Å². The lowest BCUT2D eigenvalue weighted by molar-refractivity contribution is 0.0696. The van der Waals surface area contributed by atoms with Gasteiger partial charge in [-0.3, -0.25) is 0 Å². The van der Waals surface area contributed by atoms with E-state index in [4.69, 9.17) is 33.0 Å². The van der Waals surface area contributed by atoms with Crippen molar-refractivity contribution in [3.63, 3.8) is 0 Å². The Bertz CT molecular complexity index is 426. The van der Waals surface area contributed by atoms with E-state index in [1.165, 1.54) is 0 Å². The Morgan fingerprint density at radius 3 is 2.24 bits per heavy atom. The van der Waals surface area contributed by atoms with Crippen LogP contribution in [0.2, 0.25) is 10.3 Å². The number of aromatic nitrogens is 2. The molecule has 0 spiro atoms. The highest BCUT2D eigenvalue weighted by Gasteiger charge is 2.21. The predicted octanol–water partition coefficient (Wildman–Crippen LogP) is 1.32. The minimum atomic E-state index is -1.24. The van der Waals surface area contributed by atoms with Crippen molar-refractivity contribution >= 4 is 35.1 Å². The van der Waals surface area contributed by atoms with Crippen LogP contribution in [0.15, 0.2) is 0 Å². The molecule has 2 heterocycles. The molecule has 0 atom stereocenters. The molecule has 0 aliphatic carbocycles. The number of rotatable bonds is 2. The maximum atomic E-state index is 10.8. The molecular weight excluding hydrogens is 269 g/mol. The van der Waals surface area contributed by atoms with Gasteiger partial charge >= 0.3 is 5.97 Å². The molecule has 0 radical (unpaired) electrons. The number of morpholine rings is 1. The number of aromatic carboxylic acids is 1. The van der Waals surface area contributed by atoms with Crippen LogP contribution in [-0.4, -0.2) is 47.3 Å². The van der Waals surface area contributed by atoms with Crippen LogP contribution in [0.3, 0.4) is 0 Å². The number of ether oxygens (including phenoxy) is 1. The normalized spacial score (nSPS) is 16.0. The van der Waals surface area contributed by atoms with Crippen molar-refractivity contribution in [2.45, 2.75) is 0 Å². The number of anilines is 1. The maximum Gasteiger partial charge on any atom is 0.342 e. The Hall–Kier alpha value is -1.11. The molecule has 1 aliphatic rings. The molecule has 6 nitrogen and oxygen atoms in total. The molecule has 0 amide bonds. The Labute approximate surface area is 107 Å². The Balaban J connectivity index is 2.34. The fraction of sp³-hybridized carbons (Fsp3) is 0.444. The van der Waals surface area contributed by atoms with Gasteiger partial charge in [-0.2, -0.15) is 9.97 Å². The summed E-state index contributed by atoms with van der Waals surface area (Å²) in [6, 6.07) is 0. The second-order valence-electron chi connectivity index (χ2n) is 3.38. The number of carboxylic acid groups (broad SMARTS) is 1. The molecule has 1 fully saturated rings.